The average Bonchev–Trinajstić information content (AvgIpc) is 2.30. The van der Waals surface area contributed by atoms with Crippen LogP contribution in [0.15, 0.2) is 0 Å². The van der Waals surface area contributed by atoms with Gasteiger partial charge in [0.15, 0.2) is 5.92 Å². The van der Waals surface area contributed by atoms with E-state index in [1.165, 1.54) is 0 Å². The van der Waals surface area contributed by atoms with Crippen molar-refractivity contribution in [3.05, 3.63) is 0 Å². The van der Waals surface area contributed by atoms with Crippen LogP contribution in [0.25, 0.3) is 0 Å². The molecule has 1 aliphatic carbocycles. The summed E-state index contributed by atoms with van der Waals surface area (Å²) in [5, 5.41) is 0. The summed E-state index contributed by atoms with van der Waals surface area (Å²) in [6.45, 7) is 3.81. The van der Waals surface area contributed by atoms with Crippen molar-refractivity contribution in [3.63, 3.8) is 0 Å². The van der Waals surface area contributed by atoms with Crippen LogP contribution in [0.1, 0.15) is 39.5 Å². The molecule has 0 aromatic rings. The molecule has 0 aliphatic heterocycles. The maximum absolute atomic E-state index is 11.8. The highest BCUT2D eigenvalue weighted by Gasteiger charge is 2.39. The molecule has 0 aromatic heterocycles. The van der Waals surface area contributed by atoms with Crippen LogP contribution in [-0.4, -0.2) is 30.9 Å². The summed E-state index contributed by atoms with van der Waals surface area (Å²) in [6.07, 6.45) is 2.21. The molecule has 102 valence electrons. The van der Waals surface area contributed by atoms with Crippen LogP contribution in [-0.2, 0) is 23.9 Å². The molecule has 0 radical (unpaired) electrons. The number of Topliss-reactive ketones (excluding diaryl/α,β-unsaturated/α-hetero) is 1. The second kappa shape index (κ2) is 7.13. The molecule has 0 heterocycles. The number of carbonyl (C=O) groups is 3. The van der Waals surface area contributed by atoms with Gasteiger partial charge in [-0.05, 0) is 32.6 Å². The van der Waals surface area contributed by atoms with Gasteiger partial charge in [0.05, 0.1) is 13.2 Å². The summed E-state index contributed by atoms with van der Waals surface area (Å²) in [7, 11) is 0. The van der Waals surface area contributed by atoms with Gasteiger partial charge in [0, 0.05) is 12.8 Å². The van der Waals surface area contributed by atoms with Crippen LogP contribution in [0.5, 0.6) is 0 Å². The van der Waals surface area contributed by atoms with Crippen LogP contribution in [0.2, 0.25) is 0 Å². The predicted molar refractivity (Wildman–Crippen MR) is 63.7 cm³/mol. The number of ether oxygens (including phenoxy) is 2. The van der Waals surface area contributed by atoms with Crippen LogP contribution in [0.4, 0.5) is 0 Å². The Balaban J connectivity index is 2.78. The van der Waals surface area contributed by atoms with Crippen molar-refractivity contribution in [2.24, 2.45) is 11.8 Å². The Morgan fingerprint density at radius 1 is 1.22 bits per heavy atom. The predicted octanol–water partition coefficient (Wildman–Crippen LogP) is 1.49. The van der Waals surface area contributed by atoms with Gasteiger partial charge in [0.2, 0.25) is 0 Å². The zero-order valence-electron chi connectivity index (χ0n) is 10.9. The topological polar surface area (TPSA) is 69.7 Å². The Bertz CT molecular complexity index is 305. The molecule has 18 heavy (non-hydrogen) atoms. The lowest BCUT2D eigenvalue weighted by Gasteiger charge is -2.26. The van der Waals surface area contributed by atoms with Crippen LogP contribution >= 0.6 is 0 Å². The van der Waals surface area contributed by atoms with Gasteiger partial charge in [-0.1, -0.05) is 0 Å². The summed E-state index contributed by atoms with van der Waals surface area (Å²) < 4.78 is 9.82. The van der Waals surface area contributed by atoms with E-state index in [1.807, 2.05) is 0 Å². The Morgan fingerprint density at radius 3 is 2.22 bits per heavy atom. The molecule has 0 aromatic carbocycles. The van der Waals surface area contributed by atoms with E-state index in [4.69, 9.17) is 9.47 Å². The average molecular weight is 256 g/mol. The zero-order chi connectivity index (χ0) is 13.5. The number of ketones is 1. The van der Waals surface area contributed by atoms with Crippen molar-refractivity contribution < 1.29 is 23.9 Å². The molecule has 5 heteroatoms. The molecule has 0 N–H and O–H groups in total. The van der Waals surface area contributed by atoms with Gasteiger partial charge in [0.25, 0.3) is 0 Å². The second-order valence-corrected chi connectivity index (χ2v) is 4.38. The van der Waals surface area contributed by atoms with Crippen LogP contribution in [0.3, 0.4) is 0 Å². The lowest BCUT2D eigenvalue weighted by atomic mass is 9.79. The maximum atomic E-state index is 11.8. The van der Waals surface area contributed by atoms with Crippen LogP contribution < -0.4 is 0 Å². The summed E-state index contributed by atoms with van der Waals surface area (Å²) in [5.41, 5.74) is 0. The molecule has 5 nitrogen and oxygen atoms in total. The number of carbonyl (C=O) groups excluding carboxylic acids is 3. The largest absolute Gasteiger partial charge is 0.465 e. The first kappa shape index (κ1) is 14.7. The first-order valence-corrected chi connectivity index (χ1v) is 6.45. The Hall–Kier alpha value is -1.39. The third kappa shape index (κ3) is 3.82. The molecular formula is C13H20O5. The van der Waals surface area contributed by atoms with Crippen LogP contribution in [0, 0.1) is 11.8 Å². The molecule has 0 saturated heterocycles. The Kier molecular flexibility index (Phi) is 5.82. The Labute approximate surface area is 107 Å². The molecular weight excluding hydrogens is 236 g/mol. The van der Waals surface area contributed by atoms with Gasteiger partial charge in [-0.3, -0.25) is 14.4 Å². The quantitative estimate of drug-likeness (QED) is 0.550. The van der Waals surface area contributed by atoms with Crippen molar-refractivity contribution in [1.29, 1.82) is 0 Å². The smallest absolute Gasteiger partial charge is 0.320 e. The van der Waals surface area contributed by atoms with E-state index < -0.39 is 17.9 Å². The van der Waals surface area contributed by atoms with E-state index in [-0.39, 0.29) is 31.3 Å². The van der Waals surface area contributed by atoms with Gasteiger partial charge in [-0.2, -0.15) is 0 Å². The molecule has 1 saturated carbocycles. The summed E-state index contributed by atoms with van der Waals surface area (Å²) in [5.74, 6) is -2.27. The first-order valence-electron chi connectivity index (χ1n) is 6.45. The fourth-order valence-electron chi connectivity index (χ4n) is 2.29. The van der Waals surface area contributed by atoms with Crippen molar-refractivity contribution in [3.8, 4) is 0 Å². The first-order chi connectivity index (χ1) is 8.60. The minimum Gasteiger partial charge on any atom is -0.465 e. The molecule has 0 spiro atoms. The number of esters is 2. The summed E-state index contributed by atoms with van der Waals surface area (Å²) in [4.78, 5) is 35.1. The van der Waals surface area contributed by atoms with Gasteiger partial charge in [-0.15, -0.1) is 0 Å². The number of hydrogen-bond donors (Lipinski definition) is 0. The fraction of sp³-hybridized carbons (Fsp3) is 0.769. The third-order valence-electron chi connectivity index (χ3n) is 3.07. The minimum absolute atomic E-state index is 0.102. The molecule has 0 amide bonds. The molecule has 0 bridgehead atoms. The highest BCUT2D eigenvalue weighted by molar-refractivity contribution is 5.96. The highest BCUT2D eigenvalue weighted by Crippen LogP contribution is 2.30. The molecule has 1 rings (SSSR count). The molecule has 1 atom stereocenters. The van der Waals surface area contributed by atoms with Gasteiger partial charge in [0.1, 0.15) is 5.78 Å². The number of hydrogen-bond acceptors (Lipinski definition) is 5. The highest BCUT2D eigenvalue weighted by atomic mass is 16.6. The molecule has 0 unspecified atom stereocenters. The van der Waals surface area contributed by atoms with Crippen molar-refractivity contribution in [2.45, 2.75) is 39.5 Å². The summed E-state index contributed by atoms with van der Waals surface area (Å²) >= 11 is 0. The van der Waals surface area contributed by atoms with E-state index in [1.54, 1.807) is 13.8 Å². The van der Waals surface area contributed by atoms with E-state index in [0.29, 0.717) is 12.8 Å². The van der Waals surface area contributed by atoms with Gasteiger partial charge in [-0.25, -0.2) is 0 Å². The third-order valence-corrected chi connectivity index (χ3v) is 3.07. The normalized spacial score (nSPS) is 19.7. The van der Waals surface area contributed by atoms with E-state index in [2.05, 4.69) is 0 Å². The van der Waals surface area contributed by atoms with Crippen molar-refractivity contribution in [1.82, 2.24) is 0 Å². The Morgan fingerprint density at radius 2 is 1.78 bits per heavy atom. The monoisotopic (exact) mass is 256 g/mol. The summed E-state index contributed by atoms with van der Waals surface area (Å²) in [6, 6.07) is 0. The fourth-order valence-corrected chi connectivity index (χ4v) is 2.29. The second-order valence-electron chi connectivity index (χ2n) is 4.38. The van der Waals surface area contributed by atoms with E-state index in [9.17, 15) is 14.4 Å². The minimum atomic E-state index is -0.950. The van der Waals surface area contributed by atoms with E-state index >= 15 is 0 Å². The standard InChI is InChI=1S/C13H20O5/c1-3-17-12(15)11(13(16)18-4-2)9-6-5-7-10(14)8-9/h9,11H,3-8H2,1-2H3/t9-/m1/s1. The van der Waals surface area contributed by atoms with Gasteiger partial charge < -0.3 is 9.47 Å². The lowest BCUT2D eigenvalue weighted by molar-refractivity contribution is -0.165. The van der Waals surface area contributed by atoms with E-state index in [0.717, 1.165) is 6.42 Å². The maximum Gasteiger partial charge on any atom is 0.320 e. The van der Waals surface area contributed by atoms with Crippen molar-refractivity contribution >= 4 is 17.7 Å². The molecule has 1 fully saturated rings. The SMILES string of the molecule is CCOC(=O)C(C(=O)OCC)[C@@H]1CCCC(=O)C1. The van der Waals surface area contributed by atoms with Crippen molar-refractivity contribution in [2.75, 3.05) is 13.2 Å². The van der Waals surface area contributed by atoms with Gasteiger partial charge >= 0.3 is 11.9 Å². The zero-order valence-corrected chi connectivity index (χ0v) is 10.9. The number of rotatable bonds is 5. The molecule has 1 aliphatic rings. The lowest BCUT2D eigenvalue weighted by Crippen LogP contribution is -2.37.